The molecule has 0 saturated heterocycles. The van der Waals surface area contributed by atoms with Crippen LogP contribution in [0.5, 0.6) is 0 Å². The van der Waals surface area contributed by atoms with Crippen molar-refractivity contribution in [1.82, 2.24) is 5.32 Å². The Balaban J connectivity index is 2.43. The first-order valence-electron chi connectivity index (χ1n) is 7.34. The summed E-state index contributed by atoms with van der Waals surface area (Å²) in [6.07, 6.45) is 0.572. The van der Waals surface area contributed by atoms with Crippen LogP contribution in [0.15, 0.2) is 24.3 Å². The first-order valence-corrected chi connectivity index (χ1v) is 8.50. The van der Waals surface area contributed by atoms with Gasteiger partial charge in [-0.3, -0.25) is 9.59 Å². The van der Waals surface area contributed by atoms with Gasteiger partial charge in [0.25, 0.3) is 11.8 Å². The third-order valence-electron chi connectivity index (χ3n) is 3.92. The Bertz CT molecular complexity index is 547. The second-order valence-corrected chi connectivity index (χ2v) is 6.70. The maximum absolute atomic E-state index is 12.9. The van der Waals surface area contributed by atoms with Gasteiger partial charge in [-0.1, -0.05) is 26.0 Å². The Labute approximate surface area is 130 Å². The summed E-state index contributed by atoms with van der Waals surface area (Å²) < 4.78 is 0. The standard InChI is InChI=1S/C16H22N2O2S/c1-4-16(3)15(20)18(10-11-21-5-2)13-9-7-6-8-12(13)14(19)17-16/h6-9H,4-5,10-11H2,1-3H3,(H,17,19). The monoisotopic (exact) mass is 306 g/mol. The normalized spacial score (nSPS) is 21.8. The maximum Gasteiger partial charge on any atom is 0.254 e. The van der Waals surface area contributed by atoms with Crippen LogP contribution >= 0.6 is 11.8 Å². The van der Waals surface area contributed by atoms with Crippen LogP contribution in [0.3, 0.4) is 0 Å². The molecule has 4 nitrogen and oxygen atoms in total. The van der Waals surface area contributed by atoms with Crippen LogP contribution in [-0.4, -0.2) is 35.4 Å². The molecule has 1 aromatic rings. The molecule has 1 N–H and O–H groups in total. The molecule has 1 atom stereocenters. The molecule has 1 aliphatic rings. The molecule has 5 heteroatoms. The largest absolute Gasteiger partial charge is 0.338 e. The maximum atomic E-state index is 12.9. The van der Waals surface area contributed by atoms with Gasteiger partial charge in [0.15, 0.2) is 0 Å². The van der Waals surface area contributed by atoms with E-state index in [0.29, 0.717) is 24.2 Å². The van der Waals surface area contributed by atoms with Gasteiger partial charge in [-0.25, -0.2) is 0 Å². The van der Waals surface area contributed by atoms with E-state index in [0.717, 1.165) is 11.5 Å². The number of benzene rings is 1. The molecule has 0 aromatic heterocycles. The molecule has 1 unspecified atom stereocenters. The second kappa shape index (κ2) is 6.52. The van der Waals surface area contributed by atoms with E-state index >= 15 is 0 Å². The number of carbonyl (C=O) groups is 2. The fraction of sp³-hybridized carbons (Fsp3) is 0.500. The predicted molar refractivity (Wildman–Crippen MR) is 88.0 cm³/mol. The van der Waals surface area contributed by atoms with E-state index in [1.54, 1.807) is 29.7 Å². The van der Waals surface area contributed by atoms with Crippen molar-refractivity contribution >= 4 is 29.3 Å². The zero-order valence-electron chi connectivity index (χ0n) is 12.8. The highest BCUT2D eigenvalue weighted by Gasteiger charge is 2.41. The van der Waals surface area contributed by atoms with Crippen molar-refractivity contribution in [2.24, 2.45) is 0 Å². The smallest absolute Gasteiger partial charge is 0.254 e. The Morgan fingerprint density at radius 2 is 1.95 bits per heavy atom. The van der Waals surface area contributed by atoms with Gasteiger partial charge in [-0.15, -0.1) is 0 Å². The molecule has 0 bridgehead atoms. The van der Waals surface area contributed by atoms with E-state index in [4.69, 9.17) is 0 Å². The molecule has 1 heterocycles. The summed E-state index contributed by atoms with van der Waals surface area (Å²) >= 11 is 1.79. The summed E-state index contributed by atoms with van der Waals surface area (Å²) in [5.74, 6) is 1.69. The number of anilines is 1. The van der Waals surface area contributed by atoms with Crippen molar-refractivity contribution in [2.45, 2.75) is 32.7 Å². The number of fused-ring (bicyclic) bond motifs is 1. The van der Waals surface area contributed by atoms with E-state index < -0.39 is 5.54 Å². The van der Waals surface area contributed by atoms with Crippen molar-refractivity contribution in [2.75, 3.05) is 23.0 Å². The summed E-state index contributed by atoms with van der Waals surface area (Å²) in [5.41, 5.74) is 0.450. The van der Waals surface area contributed by atoms with E-state index in [2.05, 4.69) is 12.2 Å². The van der Waals surface area contributed by atoms with E-state index in [9.17, 15) is 9.59 Å². The van der Waals surface area contributed by atoms with Gasteiger partial charge in [-0.05, 0) is 31.2 Å². The molecule has 0 spiro atoms. The Morgan fingerprint density at radius 1 is 1.24 bits per heavy atom. The summed E-state index contributed by atoms with van der Waals surface area (Å²) in [6.45, 7) is 6.45. The molecule has 0 radical (unpaired) electrons. The number of hydrogen-bond donors (Lipinski definition) is 1. The van der Waals surface area contributed by atoms with Gasteiger partial charge in [0.1, 0.15) is 5.54 Å². The molecule has 1 aromatic carbocycles. The number of rotatable bonds is 5. The minimum Gasteiger partial charge on any atom is -0.338 e. The summed E-state index contributed by atoms with van der Waals surface area (Å²) in [4.78, 5) is 27.1. The van der Waals surface area contributed by atoms with Crippen molar-refractivity contribution in [3.8, 4) is 0 Å². The Hall–Kier alpha value is -1.49. The lowest BCUT2D eigenvalue weighted by Gasteiger charge is -2.31. The molecule has 0 saturated carbocycles. The van der Waals surface area contributed by atoms with Gasteiger partial charge in [-0.2, -0.15) is 11.8 Å². The highest BCUT2D eigenvalue weighted by Crippen LogP contribution is 2.29. The Kier molecular flexibility index (Phi) is 4.93. The van der Waals surface area contributed by atoms with Crippen molar-refractivity contribution in [3.63, 3.8) is 0 Å². The molecule has 0 fully saturated rings. The van der Waals surface area contributed by atoms with Crippen molar-refractivity contribution in [1.29, 1.82) is 0 Å². The van der Waals surface area contributed by atoms with Gasteiger partial charge < -0.3 is 10.2 Å². The fourth-order valence-corrected chi connectivity index (χ4v) is 3.04. The average Bonchev–Trinajstić information content (AvgIpc) is 2.57. The molecule has 2 amide bonds. The summed E-state index contributed by atoms with van der Waals surface area (Å²) in [5, 5.41) is 2.89. The number of nitrogens with one attached hydrogen (secondary N) is 1. The molecular weight excluding hydrogens is 284 g/mol. The number of para-hydroxylation sites is 1. The third kappa shape index (κ3) is 3.07. The molecule has 21 heavy (non-hydrogen) atoms. The summed E-state index contributed by atoms with van der Waals surface area (Å²) in [6, 6.07) is 7.33. The third-order valence-corrected chi connectivity index (χ3v) is 4.80. The van der Waals surface area contributed by atoms with Crippen LogP contribution in [-0.2, 0) is 4.79 Å². The quantitative estimate of drug-likeness (QED) is 0.851. The lowest BCUT2D eigenvalue weighted by molar-refractivity contribution is -0.124. The summed E-state index contributed by atoms with van der Waals surface area (Å²) in [7, 11) is 0. The van der Waals surface area contributed by atoms with Gasteiger partial charge in [0.2, 0.25) is 0 Å². The van der Waals surface area contributed by atoms with Crippen molar-refractivity contribution < 1.29 is 9.59 Å². The SMILES string of the molecule is CCSCCN1C(=O)C(C)(CC)NC(=O)c2ccccc21. The van der Waals surface area contributed by atoms with E-state index in [1.807, 2.05) is 25.1 Å². The van der Waals surface area contributed by atoms with Crippen LogP contribution < -0.4 is 10.2 Å². The minimum atomic E-state index is -0.840. The fourth-order valence-electron chi connectivity index (χ4n) is 2.44. The van der Waals surface area contributed by atoms with Gasteiger partial charge >= 0.3 is 0 Å². The van der Waals surface area contributed by atoms with E-state index in [-0.39, 0.29) is 11.8 Å². The number of amides is 2. The molecule has 0 aliphatic carbocycles. The molecule has 1 aliphatic heterocycles. The number of thioether (sulfide) groups is 1. The van der Waals surface area contributed by atoms with Gasteiger partial charge in [0, 0.05) is 12.3 Å². The highest BCUT2D eigenvalue weighted by atomic mass is 32.2. The highest BCUT2D eigenvalue weighted by molar-refractivity contribution is 7.99. The van der Waals surface area contributed by atoms with Crippen LogP contribution in [0.25, 0.3) is 0 Å². The van der Waals surface area contributed by atoms with Gasteiger partial charge in [0.05, 0.1) is 11.3 Å². The number of nitrogens with zero attached hydrogens (tertiary/aromatic N) is 1. The van der Waals surface area contributed by atoms with Crippen LogP contribution in [0, 0.1) is 0 Å². The molecular formula is C16H22N2O2S. The number of hydrogen-bond acceptors (Lipinski definition) is 3. The van der Waals surface area contributed by atoms with Crippen LogP contribution in [0.2, 0.25) is 0 Å². The zero-order valence-corrected chi connectivity index (χ0v) is 13.6. The number of carbonyl (C=O) groups excluding carboxylic acids is 2. The zero-order chi connectivity index (χ0) is 15.5. The predicted octanol–water partition coefficient (Wildman–Crippen LogP) is 2.68. The van der Waals surface area contributed by atoms with Crippen LogP contribution in [0.4, 0.5) is 5.69 Å². The molecule has 2 rings (SSSR count). The van der Waals surface area contributed by atoms with E-state index in [1.165, 1.54) is 0 Å². The average molecular weight is 306 g/mol. The van der Waals surface area contributed by atoms with Crippen LogP contribution in [0.1, 0.15) is 37.6 Å². The Morgan fingerprint density at radius 3 is 2.62 bits per heavy atom. The topological polar surface area (TPSA) is 49.4 Å². The first kappa shape index (κ1) is 15.9. The lowest BCUT2D eigenvalue weighted by atomic mass is 9.97. The molecule has 114 valence electrons. The van der Waals surface area contributed by atoms with Crippen molar-refractivity contribution in [3.05, 3.63) is 29.8 Å². The lowest BCUT2D eigenvalue weighted by Crippen LogP contribution is -2.56. The second-order valence-electron chi connectivity index (χ2n) is 5.31. The first-order chi connectivity index (χ1) is 10.0. The minimum absolute atomic E-state index is 0.0278.